The summed E-state index contributed by atoms with van der Waals surface area (Å²) in [7, 11) is 1.94. The van der Waals surface area contributed by atoms with Gasteiger partial charge in [0.25, 0.3) is 5.56 Å². The molecule has 14 heavy (non-hydrogen) atoms. The first kappa shape index (κ1) is 11.8. The molecule has 0 aliphatic carbocycles. The van der Waals surface area contributed by atoms with Gasteiger partial charge in [-0.2, -0.15) is 0 Å². The van der Waals surface area contributed by atoms with Gasteiger partial charge in [0.15, 0.2) is 0 Å². The maximum Gasteiger partial charge on any atom is 0.280 e. The van der Waals surface area contributed by atoms with E-state index in [1.54, 1.807) is 4.68 Å². The highest BCUT2D eigenvalue weighted by Gasteiger charge is 2.17. The molecule has 0 spiro atoms. The fraction of sp³-hybridized carbons (Fsp3) is 0.700. The van der Waals surface area contributed by atoms with Crippen molar-refractivity contribution in [2.24, 2.45) is 12.5 Å². The maximum atomic E-state index is 11.8. The van der Waals surface area contributed by atoms with Gasteiger partial charge in [-0.1, -0.05) is 20.8 Å². The van der Waals surface area contributed by atoms with Crippen LogP contribution in [0.1, 0.15) is 26.5 Å². The van der Waals surface area contributed by atoms with Gasteiger partial charge in [0.2, 0.25) is 0 Å². The van der Waals surface area contributed by atoms with Crippen LogP contribution in [0.5, 0.6) is 0 Å². The summed E-state index contributed by atoms with van der Waals surface area (Å²) < 4.78 is 4.57. The topological polar surface area (TPSA) is 26.9 Å². The minimum absolute atomic E-state index is 0.125. The highest BCUT2D eigenvalue weighted by molar-refractivity contribution is 14.1. The van der Waals surface area contributed by atoms with E-state index in [9.17, 15) is 4.79 Å². The van der Waals surface area contributed by atoms with E-state index in [1.807, 2.05) is 18.7 Å². The quantitative estimate of drug-likeness (QED) is 0.730. The van der Waals surface area contributed by atoms with Gasteiger partial charge in [0.05, 0.1) is 5.69 Å². The van der Waals surface area contributed by atoms with Crippen LogP contribution in [0, 0.1) is 15.9 Å². The lowest BCUT2D eigenvalue weighted by Crippen LogP contribution is -2.29. The molecule has 4 heteroatoms. The third-order valence-corrected chi connectivity index (χ3v) is 3.45. The lowest BCUT2D eigenvalue weighted by molar-refractivity contribution is 0.296. The summed E-state index contributed by atoms with van der Waals surface area (Å²) in [5, 5.41) is 0. The summed E-state index contributed by atoms with van der Waals surface area (Å²) in [4.78, 5) is 11.8. The van der Waals surface area contributed by atoms with E-state index in [-0.39, 0.29) is 11.0 Å². The molecule has 1 aromatic heterocycles. The Morgan fingerprint density at radius 3 is 2.14 bits per heavy atom. The Kier molecular flexibility index (Phi) is 3.13. The van der Waals surface area contributed by atoms with Gasteiger partial charge < -0.3 is 0 Å². The van der Waals surface area contributed by atoms with Crippen molar-refractivity contribution in [3.63, 3.8) is 0 Å². The predicted molar refractivity (Wildman–Crippen MR) is 66.6 cm³/mol. The fourth-order valence-corrected chi connectivity index (χ4v) is 1.98. The molecular formula is C10H17IN2O. The fourth-order valence-electron chi connectivity index (χ4n) is 1.35. The van der Waals surface area contributed by atoms with Crippen molar-refractivity contribution in [3.05, 3.63) is 19.6 Å². The second-order valence-corrected chi connectivity index (χ2v) is 5.93. The molecule has 0 saturated carbocycles. The van der Waals surface area contributed by atoms with Crippen LogP contribution in [0.3, 0.4) is 0 Å². The van der Waals surface area contributed by atoms with Gasteiger partial charge in [-0.15, -0.1) is 0 Å². The van der Waals surface area contributed by atoms with E-state index < -0.39 is 0 Å². The maximum absolute atomic E-state index is 11.8. The van der Waals surface area contributed by atoms with Crippen molar-refractivity contribution in [2.75, 3.05) is 0 Å². The summed E-state index contributed by atoms with van der Waals surface area (Å²) in [6.07, 6.45) is 0. The lowest BCUT2D eigenvalue weighted by atomic mass is 9.97. The standard InChI is InChI=1S/C10H17IN2O/c1-7-8(11)9(14)13(12(7)5)6-10(2,3)4/h6H2,1-5H3. The van der Waals surface area contributed by atoms with Gasteiger partial charge in [0, 0.05) is 13.6 Å². The molecule has 0 bridgehead atoms. The Labute approximate surface area is 98.2 Å². The number of halogens is 1. The van der Waals surface area contributed by atoms with Gasteiger partial charge in [0.1, 0.15) is 3.57 Å². The minimum Gasteiger partial charge on any atom is -0.289 e. The SMILES string of the molecule is Cc1c(I)c(=O)n(CC(C)(C)C)n1C. The number of hydrogen-bond acceptors (Lipinski definition) is 1. The van der Waals surface area contributed by atoms with Crippen LogP contribution < -0.4 is 5.56 Å². The molecule has 0 N–H and O–H groups in total. The molecule has 1 rings (SSSR count). The van der Waals surface area contributed by atoms with Gasteiger partial charge in [-0.05, 0) is 34.9 Å². The van der Waals surface area contributed by atoms with Crippen molar-refractivity contribution in [2.45, 2.75) is 34.2 Å². The zero-order valence-electron chi connectivity index (χ0n) is 9.39. The molecule has 0 aliphatic rings. The molecule has 0 radical (unpaired) electrons. The van der Waals surface area contributed by atoms with Crippen LogP contribution in [0.25, 0.3) is 0 Å². The first-order valence-corrected chi connectivity index (χ1v) is 5.74. The first-order valence-electron chi connectivity index (χ1n) is 4.66. The molecule has 0 fully saturated rings. The van der Waals surface area contributed by atoms with Crippen LogP contribution in [0.4, 0.5) is 0 Å². The average Bonchev–Trinajstić information content (AvgIpc) is 2.20. The lowest BCUT2D eigenvalue weighted by Gasteiger charge is -2.20. The van der Waals surface area contributed by atoms with Crippen LogP contribution >= 0.6 is 22.6 Å². The molecule has 0 unspecified atom stereocenters. The number of nitrogens with zero attached hydrogens (tertiary/aromatic N) is 2. The predicted octanol–water partition coefficient (Wildman–Crippen LogP) is 2.15. The van der Waals surface area contributed by atoms with E-state index in [4.69, 9.17) is 0 Å². The zero-order chi connectivity index (χ0) is 11.1. The van der Waals surface area contributed by atoms with Crippen molar-refractivity contribution in [1.29, 1.82) is 0 Å². The second kappa shape index (κ2) is 3.72. The molecule has 3 nitrogen and oxygen atoms in total. The summed E-state index contributed by atoms with van der Waals surface area (Å²) in [6.45, 7) is 9.13. The van der Waals surface area contributed by atoms with E-state index in [0.29, 0.717) is 0 Å². The van der Waals surface area contributed by atoms with Crippen LogP contribution in [-0.2, 0) is 13.6 Å². The smallest absolute Gasteiger partial charge is 0.280 e. The molecule has 0 saturated heterocycles. The Morgan fingerprint density at radius 2 is 1.86 bits per heavy atom. The average molecular weight is 308 g/mol. The molecule has 0 amide bonds. The summed E-state index contributed by atoms with van der Waals surface area (Å²) in [5.41, 5.74) is 1.30. The number of aromatic nitrogens is 2. The van der Waals surface area contributed by atoms with Crippen molar-refractivity contribution < 1.29 is 0 Å². The largest absolute Gasteiger partial charge is 0.289 e. The summed E-state index contributed by atoms with van der Waals surface area (Å²) >= 11 is 2.11. The van der Waals surface area contributed by atoms with E-state index >= 15 is 0 Å². The Balaban J connectivity index is 3.23. The van der Waals surface area contributed by atoms with Crippen molar-refractivity contribution in [3.8, 4) is 0 Å². The molecule has 80 valence electrons. The van der Waals surface area contributed by atoms with Crippen LogP contribution in [0.15, 0.2) is 4.79 Å². The minimum atomic E-state index is 0.125. The van der Waals surface area contributed by atoms with E-state index in [0.717, 1.165) is 15.8 Å². The Hall–Kier alpha value is -0.260. The third-order valence-electron chi connectivity index (χ3n) is 2.21. The van der Waals surface area contributed by atoms with Gasteiger partial charge in [-0.25, -0.2) is 4.68 Å². The Morgan fingerprint density at radius 1 is 1.36 bits per heavy atom. The highest BCUT2D eigenvalue weighted by Crippen LogP contribution is 2.16. The number of hydrogen-bond donors (Lipinski definition) is 0. The number of rotatable bonds is 1. The third kappa shape index (κ3) is 2.21. The zero-order valence-corrected chi connectivity index (χ0v) is 11.5. The van der Waals surface area contributed by atoms with Crippen LogP contribution in [-0.4, -0.2) is 9.36 Å². The molecule has 1 heterocycles. The molecule has 0 aromatic carbocycles. The normalized spacial score (nSPS) is 12.1. The Bertz CT molecular complexity index is 395. The molecule has 1 aromatic rings. The molecule has 0 atom stereocenters. The summed E-state index contributed by atoms with van der Waals surface area (Å²) in [6, 6.07) is 0. The van der Waals surface area contributed by atoms with Gasteiger partial charge in [-0.3, -0.25) is 9.48 Å². The molecular weight excluding hydrogens is 291 g/mol. The van der Waals surface area contributed by atoms with E-state index in [1.165, 1.54) is 0 Å². The highest BCUT2D eigenvalue weighted by atomic mass is 127. The van der Waals surface area contributed by atoms with Gasteiger partial charge >= 0.3 is 0 Å². The van der Waals surface area contributed by atoms with Crippen molar-refractivity contribution >= 4 is 22.6 Å². The van der Waals surface area contributed by atoms with Crippen LogP contribution in [0.2, 0.25) is 0 Å². The first-order chi connectivity index (χ1) is 6.24. The monoisotopic (exact) mass is 308 g/mol. The van der Waals surface area contributed by atoms with Crippen molar-refractivity contribution in [1.82, 2.24) is 9.36 Å². The second-order valence-electron chi connectivity index (χ2n) is 4.85. The van der Waals surface area contributed by atoms with E-state index in [2.05, 4.69) is 43.4 Å². The summed E-state index contributed by atoms with van der Waals surface area (Å²) in [5.74, 6) is 0. The molecule has 0 aliphatic heterocycles.